The molecule has 0 aliphatic carbocycles. The van der Waals surface area contributed by atoms with Crippen molar-refractivity contribution in [1.82, 2.24) is 10.3 Å². The van der Waals surface area contributed by atoms with Crippen molar-refractivity contribution in [1.29, 1.82) is 0 Å². The number of aryl methyl sites for hydroxylation is 2. The van der Waals surface area contributed by atoms with Gasteiger partial charge in [0, 0.05) is 29.1 Å². The summed E-state index contributed by atoms with van der Waals surface area (Å²) in [5.41, 5.74) is 7.90. The molecule has 2 rings (SSSR count). The summed E-state index contributed by atoms with van der Waals surface area (Å²) in [5, 5.41) is 3.96. The Labute approximate surface area is 141 Å². The molecule has 0 radical (unpaired) electrons. The first-order valence-corrected chi connectivity index (χ1v) is 6.94. The molecule has 1 aromatic heterocycles. The number of carbonyl (C=O) groups is 1. The predicted molar refractivity (Wildman–Crippen MR) is 93.0 cm³/mol. The van der Waals surface area contributed by atoms with Gasteiger partial charge < -0.3 is 11.1 Å². The second-order valence-corrected chi connectivity index (χ2v) is 5.66. The average molecular weight is 348 g/mol. The number of anilines is 1. The van der Waals surface area contributed by atoms with Crippen LogP contribution in [0.25, 0.3) is 0 Å². The number of amides is 1. The van der Waals surface area contributed by atoms with Crippen LogP contribution in [0.4, 0.5) is 5.69 Å². The number of nitrogen functional groups attached to an aromatic ring is 1. The minimum absolute atomic E-state index is 0. The van der Waals surface area contributed by atoms with Crippen molar-refractivity contribution in [3.05, 3.63) is 45.4 Å². The van der Waals surface area contributed by atoms with Crippen LogP contribution in [0, 0.1) is 13.8 Å². The highest BCUT2D eigenvalue weighted by atomic mass is 35.5. The van der Waals surface area contributed by atoms with Crippen molar-refractivity contribution in [3.8, 4) is 0 Å². The molecule has 0 bridgehead atoms. The van der Waals surface area contributed by atoms with E-state index >= 15 is 0 Å². The first kappa shape index (κ1) is 19.7. The van der Waals surface area contributed by atoms with E-state index in [1.54, 1.807) is 35.6 Å². The molecule has 0 atom stereocenters. The summed E-state index contributed by atoms with van der Waals surface area (Å²) in [6, 6.07) is 6.98. The molecule has 0 saturated carbocycles. The van der Waals surface area contributed by atoms with Gasteiger partial charge in [0.2, 0.25) is 0 Å². The molecule has 21 heavy (non-hydrogen) atoms. The third-order valence-electron chi connectivity index (χ3n) is 2.79. The topological polar surface area (TPSA) is 68.0 Å². The van der Waals surface area contributed by atoms with E-state index in [-0.39, 0.29) is 30.7 Å². The van der Waals surface area contributed by atoms with Gasteiger partial charge in [-0.2, -0.15) is 0 Å². The zero-order valence-corrected chi connectivity index (χ0v) is 14.3. The van der Waals surface area contributed by atoms with E-state index < -0.39 is 0 Å². The molecule has 1 amide bonds. The van der Waals surface area contributed by atoms with E-state index in [2.05, 4.69) is 10.3 Å². The number of rotatable bonds is 4. The van der Waals surface area contributed by atoms with Gasteiger partial charge in [0.1, 0.15) is 0 Å². The Bertz CT molecular complexity index is 602. The van der Waals surface area contributed by atoms with Gasteiger partial charge in [-0.1, -0.05) is 6.07 Å². The van der Waals surface area contributed by atoms with Gasteiger partial charge in [0.25, 0.3) is 5.91 Å². The van der Waals surface area contributed by atoms with Gasteiger partial charge in [0.05, 0.1) is 10.7 Å². The van der Waals surface area contributed by atoms with E-state index in [1.165, 1.54) is 4.88 Å². The predicted octanol–water partition coefficient (Wildman–Crippen LogP) is 3.16. The number of halogens is 2. The maximum atomic E-state index is 11.9. The Kier molecular flexibility index (Phi) is 8.32. The number of aromatic nitrogens is 1. The van der Waals surface area contributed by atoms with Crippen molar-refractivity contribution in [3.63, 3.8) is 0 Å². The summed E-state index contributed by atoms with van der Waals surface area (Å²) < 4.78 is 0. The van der Waals surface area contributed by atoms with E-state index in [0.717, 1.165) is 17.1 Å². The molecule has 4 nitrogen and oxygen atoms in total. The molecule has 0 aliphatic rings. The monoisotopic (exact) mass is 347 g/mol. The number of nitrogens with two attached hydrogens (primary N) is 1. The highest BCUT2D eigenvalue weighted by molar-refractivity contribution is 7.11. The van der Waals surface area contributed by atoms with Crippen LogP contribution in [0.3, 0.4) is 0 Å². The van der Waals surface area contributed by atoms with Crippen molar-refractivity contribution in [2.75, 3.05) is 12.3 Å². The van der Waals surface area contributed by atoms with E-state index in [1.807, 2.05) is 13.8 Å². The van der Waals surface area contributed by atoms with Crippen LogP contribution in [0.5, 0.6) is 0 Å². The highest BCUT2D eigenvalue weighted by Gasteiger charge is 2.07. The zero-order chi connectivity index (χ0) is 13.8. The number of hydrogen-bond acceptors (Lipinski definition) is 4. The van der Waals surface area contributed by atoms with Crippen LogP contribution < -0.4 is 11.1 Å². The van der Waals surface area contributed by atoms with Gasteiger partial charge in [-0.25, -0.2) is 4.98 Å². The Morgan fingerprint density at radius 3 is 2.62 bits per heavy atom. The van der Waals surface area contributed by atoms with Crippen molar-refractivity contribution in [2.24, 2.45) is 0 Å². The molecule has 0 spiro atoms. The molecule has 7 heteroatoms. The molecule has 1 aromatic carbocycles. The number of hydrogen-bond donors (Lipinski definition) is 2. The first-order chi connectivity index (χ1) is 9.06. The molecular weight excluding hydrogens is 329 g/mol. The Morgan fingerprint density at radius 1 is 1.33 bits per heavy atom. The van der Waals surface area contributed by atoms with Gasteiger partial charge in [-0.05, 0) is 32.0 Å². The molecule has 116 valence electrons. The fraction of sp³-hybridized carbons (Fsp3) is 0.286. The summed E-state index contributed by atoms with van der Waals surface area (Å²) in [5.74, 6) is -0.0915. The maximum absolute atomic E-state index is 11.9. The molecule has 3 N–H and O–H groups in total. The van der Waals surface area contributed by atoms with Gasteiger partial charge >= 0.3 is 0 Å². The lowest BCUT2D eigenvalue weighted by molar-refractivity contribution is 0.0954. The molecular formula is C14H19Cl2N3OS. The fourth-order valence-corrected chi connectivity index (χ4v) is 2.81. The third-order valence-corrected chi connectivity index (χ3v) is 3.92. The zero-order valence-electron chi connectivity index (χ0n) is 11.9. The van der Waals surface area contributed by atoms with Crippen LogP contribution in [0.15, 0.2) is 24.3 Å². The van der Waals surface area contributed by atoms with Crippen LogP contribution in [-0.2, 0) is 6.42 Å². The molecule has 2 aromatic rings. The van der Waals surface area contributed by atoms with Crippen molar-refractivity contribution >= 4 is 47.7 Å². The summed E-state index contributed by atoms with van der Waals surface area (Å²) in [7, 11) is 0. The Morgan fingerprint density at radius 2 is 2.05 bits per heavy atom. The molecule has 0 saturated heterocycles. The molecule has 0 fully saturated rings. The minimum atomic E-state index is -0.0915. The lowest BCUT2D eigenvalue weighted by atomic mass is 10.2. The average Bonchev–Trinajstić information content (AvgIpc) is 2.68. The number of nitrogens with one attached hydrogen (secondary N) is 1. The van der Waals surface area contributed by atoms with Gasteiger partial charge in [-0.15, -0.1) is 36.2 Å². The second kappa shape index (κ2) is 8.87. The van der Waals surface area contributed by atoms with E-state index in [4.69, 9.17) is 5.73 Å². The van der Waals surface area contributed by atoms with Crippen LogP contribution in [-0.4, -0.2) is 17.4 Å². The minimum Gasteiger partial charge on any atom is -0.399 e. The number of thiazole rings is 1. The molecule has 1 heterocycles. The lowest BCUT2D eigenvalue weighted by Crippen LogP contribution is -2.25. The number of nitrogens with zero attached hydrogens (tertiary/aromatic N) is 1. The Hall–Kier alpha value is -1.30. The van der Waals surface area contributed by atoms with Crippen LogP contribution in [0.1, 0.15) is 25.9 Å². The van der Waals surface area contributed by atoms with E-state index in [0.29, 0.717) is 17.8 Å². The normalized spacial score (nSPS) is 9.43. The smallest absolute Gasteiger partial charge is 0.251 e. The largest absolute Gasteiger partial charge is 0.399 e. The summed E-state index contributed by atoms with van der Waals surface area (Å²) in [4.78, 5) is 17.5. The summed E-state index contributed by atoms with van der Waals surface area (Å²) in [6.07, 6.45) is 0.811. The first-order valence-electron chi connectivity index (χ1n) is 6.13. The van der Waals surface area contributed by atoms with Crippen LogP contribution in [0.2, 0.25) is 0 Å². The maximum Gasteiger partial charge on any atom is 0.251 e. The summed E-state index contributed by atoms with van der Waals surface area (Å²) >= 11 is 1.68. The number of carbonyl (C=O) groups excluding carboxylic acids is 1. The third kappa shape index (κ3) is 5.53. The molecule has 0 aliphatic heterocycles. The van der Waals surface area contributed by atoms with E-state index in [9.17, 15) is 4.79 Å². The highest BCUT2D eigenvalue weighted by Crippen LogP contribution is 2.17. The molecule has 0 unspecified atom stereocenters. The van der Waals surface area contributed by atoms with Crippen molar-refractivity contribution < 1.29 is 4.79 Å². The Balaban J connectivity index is 0.00000200. The quantitative estimate of drug-likeness (QED) is 0.834. The van der Waals surface area contributed by atoms with Gasteiger partial charge in [-0.3, -0.25) is 4.79 Å². The second-order valence-electron chi connectivity index (χ2n) is 4.37. The SMILES string of the molecule is Cc1nc(C)c(CCNC(=O)c2cccc(N)c2)s1.Cl.Cl. The summed E-state index contributed by atoms with van der Waals surface area (Å²) in [6.45, 7) is 4.60. The number of benzene rings is 1. The van der Waals surface area contributed by atoms with Crippen LogP contribution >= 0.6 is 36.2 Å². The standard InChI is InChI=1S/C14H17N3OS.2ClH/c1-9-13(19-10(2)17-9)6-7-16-14(18)11-4-3-5-12(15)8-11;;/h3-5,8H,6-7,15H2,1-2H3,(H,16,18);2*1H. The lowest BCUT2D eigenvalue weighted by Gasteiger charge is -2.05. The van der Waals surface area contributed by atoms with Gasteiger partial charge in [0.15, 0.2) is 0 Å². The van der Waals surface area contributed by atoms with Crippen molar-refractivity contribution in [2.45, 2.75) is 20.3 Å². The fourth-order valence-electron chi connectivity index (χ4n) is 1.88.